The first-order chi connectivity index (χ1) is 9.60. The molecule has 3 heteroatoms. The summed E-state index contributed by atoms with van der Waals surface area (Å²) >= 11 is 0. The second-order valence-electron chi connectivity index (χ2n) is 5.42. The molecule has 1 amide bonds. The normalized spacial score (nSPS) is 12.2. The summed E-state index contributed by atoms with van der Waals surface area (Å²) in [6, 6.07) is 7.38. The monoisotopic (exact) mass is 276 g/mol. The van der Waals surface area contributed by atoms with Gasteiger partial charge in [0.25, 0.3) is 0 Å². The van der Waals surface area contributed by atoms with E-state index in [-0.39, 0.29) is 5.91 Å². The van der Waals surface area contributed by atoms with Gasteiger partial charge >= 0.3 is 0 Å². The van der Waals surface area contributed by atoms with E-state index in [9.17, 15) is 4.79 Å². The highest BCUT2D eigenvalue weighted by molar-refractivity contribution is 5.83. The van der Waals surface area contributed by atoms with Gasteiger partial charge in [0.2, 0.25) is 5.91 Å². The number of carbonyl (C=O) groups excluding carboxylic acids is 1. The minimum Gasteiger partial charge on any atom is -0.341 e. The van der Waals surface area contributed by atoms with Crippen molar-refractivity contribution in [3.05, 3.63) is 35.4 Å². The highest BCUT2D eigenvalue weighted by atomic mass is 16.2. The molecule has 3 nitrogen and oxygen atoms in total. The fraction of sp³-hybridized carbons (Fsp3) is 0.588. The number of benzene rings is 1. The Labute approximate surface area is 123 Å². The predicted molar refractivity (Wildman–Crippen MR) is 84.5 cm³/mol. The van der Waals surface area contributed by atoms with Gasteiger partial charge in [0.1, 0.15) is 6.04 Å². The molecule has 20 heavy (non-hydrogen) atoms. The molecule has 2 N–H and O–H groups in total. The van der Waals surface area contributed by atoms with Crippen molar-refractivity contribution < 1.29 is 4.79 Å². The first-order valence-corrected chi connectivity index (χ1v) is 7.71. The number of hydrogen-bond donors (Lipinski definition) is 1. The predicted octanol–water partition coefficient (Wildman–Crippen LogP) is 3.42. The van der Waals surface area contributed by atoms with Gasteiger partial charge in [0.15, 0.2) is 0 Å². The highest BCUT2D eigenvalue weighted by Crippen LogP contribution is 2.15. The van der Waals surface area contributed by atoms with Gasteiger partial charge in [-0.2, -0.15) is 0 Å². The number of nitrogens with zero attached hydrogens (tertiary/aromatic N) is 1. The summed E-state index contributed by atoms with van der Waals surface area (Å²) in [5, 5.41) is 0. The minimum absolute atomic E-state index is 0.0516. The quantitative estimate of drug-likeness (QED) is 0.790. The maximum absolute atomic E-state index is 12.5. The molecule has 0 aliphatic heterocycles. The number of unbranched alkanes of at least 4 members (excludes halogenated alkanes) is 2. The SMILES string of the molecule is CCCCN(CCCC)C(=O)C(N)c1ccc(C)cc1. The molecule has 0 aliphatic carbocycles. The van der Waals surface area contributed by atoms with Crippen molar-refractivity contribution in [2.45, 2.75) is 52.5 Å². The average molecular weight is 276 g/mol. The van der Waals surface area contributed by atoms with Crippen LogP contribution >= 0.6 is 0 Å². The van der Waals surface area contributed by atoms with Crippen LogP contribution in [0.1, 0.15) is 56.7 Å². The Balaban J connectivity index is 2.73. The van der Waals surface area contributed by atoms with Crippen LogP contribution in [0.4, 0.5) is 0 Å². The molecule has 0 radical (unpaired) electrons. The number of rotatable bonds is 8. The molecule has 0 saturated carbocycles. The Morgan fingerprint density at radius 2 is 1.60 bits per heavy atom. The second kappa shape index (κ2) is 8.75. The minimum atomic E-state index is -0.538. The van der Waals surface area contributed by atoms with Gasteiger partial charge in [-0.1, -0.05) is 56.5 Å². The zero-order chi connectivity index (χ0) is 15.0. The fourth-order valence-corrected chi connectivity index (χ4v) is 2.14. The van der Waals surface area contributed by atoms with Crippen LogP contribution < -0.4 is 5.73 Å². The van der Waals surface area contributed by atoms with Crippen LogP contribution in [0.15, 0.2) is 24.3 Å². The van der Waals surface area contributed by atoms with E-state index in [1.807, 2.05) is 36.1 Å². The van der Waals surface area contributed by atoms with E-state index in [1.165, 1.54) is 5.56 Å². The number of nitrogens with two attached hydrogens (primary N) is 1. The van der Waals surface area contributed by atoms with Crippen molar-refractivity contribution in [1.29, 1.82) is 0 Å². The summed E-state index contributed by atoms with van der Waals surface area (Å²) in [6.45, 7) is 7.94. The maximum Gasteiger partial charge on any atom is 0.244 e. The lowest BCUT2D eigenvalue weighted by molar-refractivity contribution is -0.132. The third-order valence-electron chi connectivity index (χ3n) is 3.58. The van der Waals surface area contributed by atoms with Crippen molar-refractivity contribution in [1.82, 2.24) is 4.90 Å². The average Bonchev–Trinajstić information content (AvgIpc) is 2.47. The molecule has 1 unspecified atom stereocenters. The van der Waals surface area contributed by atoms with Gasteiger partial charge in [-0.05, 0) is 25.3 Å². The molecule has 0 fully saturated rings. The first kappa shape index (κ1) is 16.7. The standard InChI is InChI=1S/C17H28N2O/c1-4-6-12-19(13-7-5-2)17(20)16(18)15-10-8-14(3)9-11-15/h8-11,16H,4-7,12-13,18H2,1-3H3. The first-order valence-electron chi connectivity index (χ1n) is 7.71. The summed E-state index contributed by atoms with van der Waals surface area (Å²) < 4.78 is 0. The molecule has 1 rings (SSSR count). The Bertz CT molecular complexity index is 392. The topological polar surface area (TPSA) is 46.3 Å². The van der Waals surface area contributed by atoms with E-state index < -0.39 is 6.04 Å². The molecule has 0 bridgehead atoms. The van der Waals surface area contributed by atoms with Gasteiger partial charge in [0, 0.05) is 13.1 Å². The van der Waals surface area contributed by atoms with Crippen LogP contribution in [0.25, 0.3) is 0 Å². The van der Waals surface area contributed by atoms with Gasteiger partial charge in [-0.25, -0.2) is 0 Å². The molecule has 1 atom stereocenters. The smallest absolute Gasteiger partial charge is 0.244 e. The van der Waals surface area contributed by atoms with Crippen LogP contribution in [-0.2, 0) is 4.79 Å². The van der Waals surface area contributed by atoms with E-state index >= 15 is 0 Å². The van der Waals surface area contributed by atoms with Gasteiger partial charge in [0.05, 0.1) is 0 Å². The van der Waals surface area contributed by atoms with E-state index in [0.717, 1.165) is 44.3 Å². The molecule has 1 aromatic rings. The number of aryl methyl sites for hydroxylation is 1. The van der Waals surface area contributed by atoms with Gasteiger partial charge in [-0.3, -0.25) is 4.79 Å². The summed E-state index contributed by atoms with van der Waals surface area (Å²) in [5.41, 5.74) is 8.23. The lowest BCUT2D eigenvalue weighted by Gasteiger charge is -2.26. The lowest BCUT2D eigenvalue weighted by atomic mass is 10.0. The second-order valence-corrected chi connectivity index (χ2v) is 5.42. The van der Waals surface area contributed by atoms with Crippen molar-refractivity contribution in [3.63, 3.8) is 0 Å². The Morgan fingerprint density at radius 1 is 1.10 bits per heavy atom. The Morgan fingerprint density at radius 3 is 2.05 bits per heavy atom. The van der Waals surface area contributed by atoms with Crippen LogP contribution in [0.2, 0.25) is 0 Å². The van der Waals surface area contributed by atoms with Crippen LogP contribution in [0, 0.1) is 6.92 Å². The largest absolute Gasteiger partial charge is 0.341 e. The molecule has 1 aromatic carbocycles. The Kier molecular flexibility index (Phi) is 7.31. The highest BCUT2D eigenvalue weighted by Gasteiger charge is 2.21. The van der Waals surface area contributed by atoms with Gasteiger partial charge < -0.3 is 10.6 Å². The molecule has 0 aromatic heterocycles. The number of hydrogen-bond acceptors (Lipinski definition) is 2. The van der Waals surface area contributed by atoms with Crippen LogP contribution in [-0.4, -0.2) is 23.9 Å². The van der Waals surface area contributed by atoms with E-state index in [4.69, 9.17) is 5.73 Å². The molecule has 0 saturated heterocycles. The zero-order valence-corrected chi connectivity index (χ0v) is 13.1. The van der Waals surface area contributed by atoms with E-state index in [1.54, 1.807) is 0 Å². The fourth-order valence-electron chi connectivity index (χ4n) is 2.14. The summed E-state index contributed by atoms with van der Waals surface area (Å²) in [6.07, 6.45) is 4.26. The lowest BCUT2D eigenvalue weighted by Crippen LogP contribution is -2.39. The summed E-state index contributed by atoms with van der Waals surface area (Å²) in [4.78, 5) is 14.5. The van der Waals surface area contributed by atoms with Crippen molar-refractivity contribution in [2.24, 2.45) is 5.73 Å². The molecule has 112 valence electrons. The molecule has 0 spiro atoms. The van der Waals surface area contributed by atoms with E-state index in [0.29, 0.717) is 0 Å². The number of carbonyl (C=O) groups is 1. The van der Waals surface area contributed by atoms with Crippen LogP contribution in [0.5, 0.6) is 0 Å². The van der Waals surface area contributed by atoms with E-state index in [2.05, 4.69) is 13.8 Å². The zero-order valence-electron chi connectivity index (χ0n) is 13.1. The third-order valence-corrected chi connectivity index (χ3v) is 3.58. The third kappa shape index (κ3) is 4.97. The van der Waals surface area contributed by atoms with Crippen LogP contribution in [0.3, 0.4) is 0 Å². The molecule has 0 aliphatic rings. The summed E-state index contributed by atoms with van der Waals surface area (Å²) in [7, 11) is 0. The molecular weight excluding hydrogens is 248 g/mol. The van der Waals surface area contributed by atoms with Gasteiger partial charge in [-0.15, -0.1) is 0 Å². The maximum atomic E-state index is 12.5. The van der Waals surface area contributed by atoms with Crippen molar-refractivity contribution in [2.75, 3.05) is 13.1 Å². The summed E-state index contributed by atoms with van der Waals surface area (Å²) in [5.74, 6) is 0.0516. The van der Waals surface area contributed by atoms with Crippen molar-refractivity contribution in [3.8, 4) is 0 Å². The van der Waals surface area contributed by atoms with Crippen molar-refractivity contribution >= 4 is 5.91 Å². The molecular formula is C17H28N2O. The molecule has 0 heterocycles. The number of amides is 1. The Hall–Kier alpha value is -1.35.